The third kappa shape index (κ3) is 3.29. The molecule has 21 heavy (non-hydrogen) atoms. The second-order valence-electron chi connectivity index (χ2n) is 6.02. The van der Waals surface area contributed by atoms with Gasteiger partial charge in [-0.15, -0.1) is 0 Å². The number of amides is 1. The predicted molar refractivity (Wildman–Crippen MR) is 82.3 cm³/mol. The van der Waals surface area contributed by atoms with E-state index in [2.05, 4.69) is 12.2 Å². The summed E-state index contributed by atoms with van der Waals surface area (Å²) in [6, 6.07) is 5.13. The van der Waals surface area contributed by atoms with E-state index < -0.39 is 5.54 Å². The molecule has 2 rings (SSSR count). The molecule has 116 valence electrons. The molecule has 4 N–H and O–H groups in total. The van der Waals surface area contributed by atoms with Gasteiger partial charge in [0, 0.05) is 0 Å². The fourth-order valence-electron chi connectivity index (χ4n) is 3.18. The summed E-state index contributed by atoms with van der Waals surface area (Å²) in [6.07, 6.45) is 3.73. The maximum Gasteiger partial charge on any atom is 0.254 e. The van der Waals surface area contributed by atoms with Crippen LogP contribution >= 0.6 is 0 Å². The van der Waals surface area contributed by atoms with Gasteiger partial charge in [-0.05, 0) is 30.9 Å². The van der Waals surface area contributed by atoms with E-state index in [4.69, 9.17) is 10.5 Å². The Hall–Kier alpha value is -1.75. The molecular formula is C16H24N2O3. The Morgan fingerprint density at radius 3 is 2.95 bits per heavy atom. The first-order valence-electron chi connectivity index (χ1n) is 7.37. The molecule has 1 fully saturated rings. The predicted octanol–water partition coefficient (Wildman–Crippen LogP) is 1.95. The van der Waals surface area contributed by atoms with E-state index in [9.17, 15) is 9.90 Å². The lowest BCUT2D eigenvalue weighted by atomic mass is 9.76. The van der Waals surface area contributed by atoms with Crippen molar-refractivity contribution >= 4 is 11.6 Å². The Kier molecular flexibility index (Phi) is 4.73. The van der Waals surface area contributed by atoms with E-state index in [1.807, 2.05) is 0 Å². The summed E-state index contributed by atoms with van der Waals surface area (Å²) >= 11 is 0. The SMILES string of the molecule is COc1cccc(C(=O)NC2(CO)CCCC(C)C2)c1N. The fourth-order valence-corrected chi connectivity index (χ4v) is 3.18. The lowest BCUT2D eigenvalue weighted by Gasteiger charge is -2.39. The van der Waals surface area contributed by atoms with Gasteiger partial charge in [0.1, 0.15) is 5.75 Å². The molecule has 0 spiro atoms. The van der Waals surface area contributed by atoms with Gasteiger partial charge < -0.3 is 20.9 Å². The summed E-state index contributed by atoms with van der Waals surface area (Å²) in [4.78, 5) is 12.5. The quantitative estimate of drug-likeness (QED) is 0.741. The molecule has 1 aromatic rings. The van der Waals surface area contributed by atoms with Crippen LogP contribution in [0, 0.1) is 5.92 Å². The Labute approximate surface area is 125 Å². The van der Waals surface area contributed by atoms with Gasteiger partial charge in [0.15, 0.2) is 0 Å². The number of aliphatic hydroxyl groups excluding tert-OH is 1. The molecule has 0 bridgehead atoms. The van der Waals surface area contributed by atoms with Crippen LogP contribution in [0.1, 0.15) is 43.0 Å². The molecule has 1 amide bonds. The summed E-state index contributed by atoms with van der Waals surface area (Å²) in [5.74, 6) is 0.723. The number of rotatable bonds is 4. The lowest BCUT2D eigenvalue weighted by Crippen LogP contribution is -2.53. The molecular weight excluding hydrogens is 268 g/mol. The number of nitrogens with one attached hydrogen (secondary N) is 1. The van der Waals surface area contributed by atoms with Crippen molar-refractivity contribution < 1.29 is 14.6 Å². The van der Waals surface area contributed by atoms with Gasteiger partial charge in [-0.25, -0.2) is 0 Å². The lowest BCUT2D eigenvalue weighted by molar-refractivity contribution is 0.0697. The van der Waals surface area contributed by atoms with Gasteiger partial charge in [0.2, 0.25) is 0 Å². The minimum atomic E-state index is -0.537. The summed E-state index contributed by atoms with van der Waals surface area (Å²) in [6.45, 7) is 2.10. The van der Waals surface area contributed by atoms with Crippen molar-refractivity contribution in [2.75, 3.05) is 19.5 Å². The first kappa shape index (κ1) is 15.6. The van der Waals surface area contributed by atoms with Gasteiger partial charge in [-0.1, -0.05) is 25.8 Å². The van der Waals surface area contributed by atoms with Gasteiger partial charge >= 0.3 is 0 Å². The van der Waals surface area contributed by atoms with Crippen LogP contribution < -0.4 is 15.8 Å². The largest absolute Gasteiger partial charge is 0.495 e. The van der Waals surface area contributed by atoms with Crippen molar-refractivity contribution in [3.63, 3.8) is 0 Å². The standard InChI is InChI=1S/C16H24N2O3/c1-11-5-4-8-16(9-11,10-19)18-15(20)12-6-3-7-13(21-2)14(12)17/h3,6-7,11,19H,4-5,8-10,17H2,1-2H3,(H,18,20). The smallest absolute Gasteiger partial charge is 0.254 e. The highest BCUT2D eigenvalue weighted by Crippen LogP contribution is 2.33. The first-order valence-corrected chi connectivity index (χ1v) is 7.37. The van der Waals surface area contributed by atoms with Crippen LogP contribution in [-0.2, 0) is 0 Å². The fraction of sp³-hybridized carbons (Fsp3) is 0.562. The average Bonchev–Trinajstić information content (AvgIpc) is 2.47. The molecule has 1 aliphatic carbocycles. The van der Waals surface area contributed by atoms with E-state index in [0.717, 1.165) is 25.7 Å². The molecule has 0 saturated heterocycles. The van der Waals surface area contributed by atoms with Crippen LogP contribution in [-0.4, -0.2) is 30.3 Å². The third-order valence-electron chi connectivity index (χ3n) is 4.30. The topological polar surface area (TPSA) is 84.6 Å². The molecule has 1 aromatic carbocycles. The number of nitrogen functional groups attached to an aromatic ring is 1. The average molecular weight is 292 g/mol. The van der Waals surface area contributed by atoms with Crippen molar-refractivity contribution in [1.29, 1.82) is 0 Å². The zero-order chi connectivity index (χ0) is 15.5. The number of hydrogen-bond acceptors (Lipinski definition) is 4. The number of methoxy groups -OCH3 is 1. The summed E-state index contributed by atoms with van der Waals surface area (Å²) in [7, 11) is 1.52. The molecule has 5 heteroatoms. The zero-order valence-corrected chi connectivity index (χ0v) is 12.7. The van der Waals surface area contributed by atoms with Crippen molar-refractivity contribution in [3.8, 4) is 5.75 Å². The first-order chi connectivity index (χ1) is 10.0. The highest BCUT2D eigenvalue weighted by molar-refractivity contribution is 6.00. The summed E-state index contributed by atoms with van der Waals surface area (Å²) in [5, 5.41) is 12.8. The molecule has 0 radical (unpaired) electrons. The molecule has 5 nitrogen and oxygen atoms in total. The van der Waals surface area contributed by atoms with Crippen LogP contribution in [0.5, 0.6) is 5.75 Å². The van der Waals surface area contributed by atoms with E-state index in [-0.39, 0.29) is 12.5 Å². The molecule has 0 heterocycles. The number of ether oxygens (including phenoxy) is 1. The number of carbonyl (C=O) groups is 1. The number of hydrogen-bond donors (Lipinski definition) is 3. The van der Waals surface area contributed by atoms with Crippen LogP contribution in [0.15, 0.2) is 18.2 Å². The highest BCUT2D eigenvalue weighted by Gasteiger charge is 2.36. The van der Waals surface area contributed by atoms with Crippen LogP contribution in [0.2, 0.25) is 0 Å². The second-order valence-corrected chi connectivity index (χ2v) is 6.02. The molecule has 0 aromatic heterocycles. The number of para-hydroxylation sites is 1. The van der Waals surface area contributed by atoms with E-state index in [1.165, 1.54) is 7.11 Å². The summed E-state index contributed by atoms with van der Waals surface area (Å²) < 4.78 is 5.14. The molecule has 1 aliphatic rings. The maximum absolute atomic E-state index is 12.5. The third-order valence-corrected chi connectivity index (χ3v) is 4.30. The van der Waals surface area contributed by atoms with Crippen molar-refractivity contribution in [2.24, 2.45) is 5.92 Å². The molecule has 1 saturated carbocycles. The minimum absolute atomic E-state index is 0.0487. The number of aliphatic hydroxyl groups is 1. The van der Waals surface area contributed by atoms with Gasteiger partial charge in [-0.2, -0.15) is 0 Å². The molecule has 2 atom stereocenters. The minimum Gasteiger partial charge on any atom is -0.495 e. The van der Waals surface area contributed by atoms with Crippen molar-refractivity contribution in [2.45, 2.75) is 38.1 Å². The van der Waals surface area contributed by atoms with Crippen molar-refractivity contribution in [1.82, 2.24) is 5.32 Å². The number of benzene rings is 1. The Bertz CT molecular complexity index is 518. The van der Waals surface area contributed by atoms with Crippen molar-refractivity contribution in [3.05, 3.63) is 23.8 Å². The van der Waals surface area contributed by atoms with Crippen LogP contribution in [0.3, 0.4) is 0 Å². The molecule has 2 unspecified atom stereocenters. The number of carbonyl (C=O) groups excluding carboxylic acids is 1. The van der Waals surface area contributed by atoms with E-state index in [1.54, 1.807) is 18.2 Å². The summed E-state index contributed by atoms with van der Waals surface area (Å²) in [5.41, 5.74) is 6.14. The maximum atomic E-state index is 12.5. The Balaban J connectivity index is 2.20. The second kappa shape index (κ2) is 6.35. The Morgan fingerprint density at radius 2 is 2.33 bits per heavy atom. The van der Waals surface area contributed by atoms with E-state index in [0.29, 0.717) is 22.9 Å². The zero-order valence-electron chi connectivity index (χ0n) is 12.7. The Morgan fingerprint density at radius 1 is 1.57 bits per heavy atom. The number of nitrogens with two attached hydrogens (primary N) is 1. The monoisotopic (exact) mass is 292 g/mol. The highest BCUT2D eigenvalue weighted by atomic mass is 16.5. The molecule has 0 aliphatic heterocycles. The normalized spacial score (nSPS) is 25.4. The van der Waals surface area contributed by atoms with Gasteiger partial charge in [0.25, 0.3) is 5.91 Å². The number of anilines is 1. The van der Waals surface area contributed by atoms with Crippen LogP contribution in [0.25, 0.3) is 0 Å². The van der Waals surface area contributed by atoms with Gasteiger partial charge in [-0.3, -0.25) is 4.79 Å². The van der Waals surface area contributed by atoms with E-state index >= 15 is 0 Å². The van der Waals surface area contributed by atoms with Crippen LogP contribution in [0.4, 0.5) is 5.69 Å². The van der Waals surface area contributed by atoms with Gasteiger partial charge in [0.05, 0.1) is 30.5 Å².